The highest BCUT2D eigenvalue weighted by molar-refractivity contribution is 5.87. The molecule has 2 heterocycles. The number of tetrazole rings is 1. The zero-order chi connectivity index (χ0) is 14.5. The van der Waals surface area contributed by atoms with Crippen molar-refractivity contribution >= 4 is 12.0 Å². The summed E-state index contributed by atoms with van der Waals surface area (Å²) in [7, 11) is 0. The van der Waals surface area contributed by atoms with E-state index in [9.17, 15) is 4.79 Å². The van der Waals surface area contributed by atoms with Crippen LogP contribution in [0.5, 0.6) is 0 Å². The number of carbonyl (C=O) groups is 1. The van der Waals surface area contributed by atoms with E-state index in [2.05, 4.69) is 31.0 Å². The minimum atomic E-state index is -0.372. The molecule has 8 heteroatoms. The average Bonchev–Trinajstić information content (AvgIpc) is 2.85. The van der Waals surface area contributed by atoms with Crippen LogP contribution in [-0.4, -0.2) is 31.2 Å². The summed E-state index contributed by atoms with van der Waals surface area (Å²) in [6.07, 6.45) is 1.71. The normalized spacial score (nSPS) is 10.6. The van der Waals surface area contributed by atoms with Crippen molar-refractivity contribution < 1.29 is 4.79 Å². The lowest BCUT2D eigenvalue weighted by Gasteiger charge is -2.05. The van der Waals surface area contributed by atoms with Crippen molar-refractivity contribution in [1.29, 1.82) is 0 Å². The predicted molar refractivity (Wildman–Crippen MR) is 73.0 cm³/mol. The molecule has 0 aliphatic carbocycles. The number of carbonyl (C=O) groups excluding carboxylic acids is 1. The first-order chi connectivity index (χ1) is 9.54. The zero-order valence-electron chi connectivity index (χ0n) is 11.7. The quantitative estimate of drug-likeness (QED) is 0.876. The van der Waals surface area contributed by atoms with Gasteiger partial charge >= 0.3 is 6.03 Å². The summed E-state index contributed by atoms with van der Waals surface area (Å²) in [5, 5.41) is 16.9. The fraction of sp³-hybridized carbons (Fsp3) is 0.417. The highest BCUT2D eigenvalue weighted by Gasteiger charge is 2.08. The van der Waals surface area contributed by atoms with Gasteiger partial charge in [-0.3, -0.25) is 10.3 Å². The summed E-state index contributed by atoms with van der Waals surface area (Å²) in [5.74, 6) is 0.183. The van der Waals surface area contributed by atoms with E-state index < -0.39 is 0 Å². The van der Waals surface area contributed by atoms with E-state index >= 15 is 0 Å². The van der Waals surface area contributed by atoms with Crippen LogP contribution in [0.3, 0.4) is 0 Å². The van der Waals surface area contributed by atoms with Gasteiger partial charge < -0.3 is 5.32 Å². The molecule has 0 aromatic carbocycles. The van der Waals surface area contributed by atoms with E-state index in [1.807, 2.05) is 32.9 Å². The number of hydrogen-bond acceptors (Lipinski definition) is 5. The number of nitrogens with zero attached hydrogens (tertiary/aromatic N) is 5. The molecular formula is C12H17N7O. The van der Waals surface area contributed by atoms with Crippen molar-refractivity contribution in [3.63, 3.8) is 0 Å². The van der Waals surface area contributed by atoms with Gasteiger partial charge in [0.15, 0.2) is 0 Å². The second-order valence-corrected chi connectivity index (χ2v) is 4.64. The number of aryl methyl sites for hydroxylation is 1. The number of nitrogens with one attached hydrogen (secondary N) is 2. The maximum atomic E-state index is 11.7. The Morgan fingerprint density at radius 3 is 2.90 bits per heavy atom. The topological polar surface area (TPSA) is 97.6 Å². The SMILES string of the molecule is Cc1cc(CNC(=O)Nc2nnn(C(C)C)n2)ccn1. The summed E-state index contributed by atoms with van der Waals surface area (Å²) in [4.78, 5) is 17.2. The largest absolute Gasteiger partial charge is 0.334 e. The first-order valence-electron chi connectivity index (χ1n) is 6.30. The van der Waals surface area contributed by atoms with Gasteiger partial charge in [0.05, 0.1) is 6.04 Å². The van der Waals surface area contributed by atoms with Crippen LogP contribution >= 0.6 is 0 Å². The molecule has 2 amide bonds. The van der Waals surface area contributed by atoms with Crippen LogP contribution < -0.4 is 10.6 Å². The molecule has 0 aliphatic rings. The van der Waals surface area contributed by atoms with Gasteiger partial charge in [0.2, 0.25) is 0 Å². The van der Waals surface area contributed by atoms with E-state index in [0.717, 1.165) is 11.3 Å². The van der Waals surface area contributed by atoms with Gasteiger partial charge in [0.1, 0.15) is 0 Å². The Morgan fingerprint density at radius 1 is 1.45 bits per heavy atom. The second-order valence-electron chi connectivity index (χ2n) is 4.64. The summed E-state index contributed by atoms with van der Waals surface area (Å²) in [6, 6.07) is 3.48. The Bertz CT molecular complexity index is 593. The lowest BCUT2D eigenvalue weighted by Crippen LogP contribution is -2.28. The van der Waals surface area contributed by atoms with Gasteiger partial charge in [-0.15, -0.1) is 5.10 Å². The molecule has 0 aliphatic heterocycles. The number of pyridine rings is 1. The Morgan fingerprint density at radius 2 is 2.25 bits per heavy atom. The number of rotatable bonds is 4. The Kier molecular flexibility index (Phi) is 4.24. The molecule has 0 spiro atoms. The number of anilines is 1. The van der Waals surface area contributed by atoms with Crippen molar-refractivity contribution in [1.82, 2.24) is 30.5 Å². The summed E-state index contributed by atoms with van der Waals surface area (Å²) in [5.41, 5.74) is 1.89. The lowest BCUT2D eigenvalue weighted by molar-refractivity contribution is 0.251. The maximum absolute atomic E-state index is 11.7. The first kappa shape index (κ1) is 13.9. The molecule has 2 aromatic rings. The molecule has 20 heavy (non-hydrogen) atoms. The first-order valence-corrected chi connectivity index (χ1v) is 6.30. The standard InChI is InChI=1S/C12H17N7O/c1-8(2)19-17-11(16-18-19)15-12(20)14-7-10-4-5-13-9(3)6-10/h4-6,8H,7H2,1-3H3,(H2,14,15,17,20). The minimum Gasteiger partial charge on any atom is -0.334 e. The molecule has 106 valence electrons. The molecule has 0 saturated carbocycles. The predicted octanol–water partition coefficient (Wildman–Crippen LogP) is 1.28. The van der Waals surface area contributed by atoms with Gasteiger partial charge in [0, 0.05) is 18.4 Å². The molecule has 0 radical (unpaired) electrons. The van der Waals surface area contributed by atoms with E-state index in [4.69, 9.17) is 0 Å². The Labute approximate surface area is 116 Å². The van der Waals surface area contributed by atoms with Gasteiger partial charge in [-0.1, -0.05) is 5.10 Å². The third-order valence-electron chi connectivity index (χ3n) is 2.53. The molecular weight excluding hydrogens is 258 g/mol. The van der Waals surface area contributed by atoms with Crippen molar-refractivity contribution in [3.8, 4) is 0 Å². The molecule has 2 rings (SSSR count). The zero-order valence-corrected chi connectivity index (χ0v) is 11.7. The third kappa shape index (κ3) is 3.74. The molecule has 8 nitrogen and oxygen atoms in total. The molecule has 2 aromatic heterocycles. The Balaban J connectivity index is 1.86. The average molecular weight is 275 g/mol. The van der Waals surface area contributed by atoms with Crippen molar-refractivity contribution in [2.45, 2.75) is 33.4 Å². The van der Waals surface area contributed by atoms with Crippen molar-refractivity contribution in [3.05, 3.63) is 29.6 Å². The van der Waals surface area contributed by atoms with Crippen LogP contribution in [0, 0.1) is 6.92 Å². The van der Waals surface area contributed by atoms with Crippen LogP contribution in [0.1, 0.15) is 31.1 Å². The monoisotopic (exact) mass is 275 g/mol. The van der Waals surface area contributed by atoms with Crippen LogP contribution in [-0.2, 0) is 6.54 Å². The fourth-order valence-corrected chi connectivity index (χ4v) is 1.54. The van der Waals surface area contributed by atoms with Gasteiger partial charge in [-0.25, -0.2) is 4.79 Å². The Hall–Kier alpha value is -2.51. The molecule has 0 bridgehead atoms. The smallest absolute Gasteiger partial charge is 0.321 e. The molecule has 0 atom stereocenters. The number of amides is 2. The summed E-state index contributed by atoms with van der Waals surface area (Å²) in [6.45, 7) is 6.17. The van der Waals surface area contributed by atoms with E-state index in [1.165, 1.54) is 4.80 Å². The molecule has 0 saturated heterocycles. The number of aromatic nitrogens is 5. The van der Waals surface area contributed by atoms with Crippen LogP contribution in [0.2, 0.25) is 0 Å². The molecule has 2 N–H and O–H groups in total. The van der Waals surface area contributed by atoms with Crippen molar-refractivity contribution in [2.75, 3.05) is 5.32 Å². The number of hydrogen-bond donors (Lipinski definition) is 2. The number of urea groups is 1. The van der Waals surface area contributed by atoms with Crippen molar-refractivity contribution in [2.24, 2.45) is 0 Å². The molecule has 0 unspecified atom stereocenters. The second kappa shape index (κ2) is 6.09. The van der Waals surface area contributed by atoms with E-state index in [0.29, 0.717) is 6.54 Å². The van der Waals surface area contributed by atoms with Crippen LogP contribution in [0.4, 0.5) is 10.7 Å². The summed E-state index contributed by atoms with van der Waals surface area (Å²) < 4.78 is 0. The molecule has 0 fully saturated rings. The summed E-state index contributed by atoms with van der Waals surface area (Å²) >= 11 is 0. The lowest BCUT2D eigenvalue weighted by atomic mass is 10.2. The fourth-order valence-electron chi connectivity index (χ4n) is 1.54. The van der Waals surface area contributed by atoms with Crippen LogP contribution in [0.15, 0.2) is 18.3 Å². The maximum Gasteiger partial charge on any atom is 0.321 e. The van der Waals surface area contributed by atoms with E-state index in [1.54, 1.807) is 6.20 Å². The van der Waals surface area contributed by atoms with E-state index in [-0.39, 0.29) is 18.0 Å². The highest BCUT2D eigenvalue weighted by atomic mass is 16.2. The minimum absolute atomic E-state index is 0.0981. The third-order valence-corrected chi connectivity index (χ3v) is 2.53. The highest BCUT2D eigenvalue weighted by Crippen LogP contribution is 2.02. The van der Waals surface area contributed by atoms with Crippen LogP contribution in [0.25, 0.3) is 0 Å². The van der Waals surface area contributed by atoms with Gasteiger partial charge in [-0.2, -0.15) is 4.80 Å². The van der Waals surface area contributed by atoms with Gasteiger partial charge in [0.25, 0.3) is 5.95 Å². The van der Waals surface area contributed by atoms with Gasteiger partial charge in [-0.05, 0) is 43.7 Å².